The fourth-order valence-corrected chi connectivity index (χ4v) is 4.14. The van der Waals surface area contributed by atoms with Crippen molar-refractivity contribution in [2.75, 3.05) is 0 Å². The molecule has 3 amide bonds. The van der Waals surface area contributed by atoms with E-state index >= 15 is 0 Å². The molecule has 150 valence electrons. The number of piperidine rings is 1. The molecule has 0 aliphatic carbocycles. The molecule has 2 aliphatic rings. The molecular formula is C20H15BrN6O3. The second-order valence-corrected chi connectivity index (χ2v) is 8.10. The fraction of sp³-hybridized carbons (Fsp3) is 0.200. The molecule has 1 saturated heterocycles. The average Bonchev–Trinajstić information content (AvgIpc) is 3.33. The average molecular weight is 467 g/mol. The van der Waals surface area contributed by atoms with Crippen molar-refractivity contribution in [1.82, 2.24) is 30.2 Å². The molecule has 0 bridgehead atoms. The van der Waals surface area contributed by atoms with Gasteiger partial charge in [-0.25, -0.2) is 4.68 Å². The van der Waals surface area contributed by atoms with Crippen LogP contribution in [0.5, 0.6) is 0 Å². The van der Waals surface area contributed by atoms with Gasteiger partial charge in [-0.1, -0.05) is 5.21 Å². The van der Waals surface area contributed by atoms with E-state index in [2.05, 4.69) is 36.5 Å². The van der Waals surface area contributed by atoms with E-state index < -0.39 is 11.9 Å². The molecule has 4 heterocycles. The van der Waals surface area contributed by atoms with Gasteiger partial charge in [0, 0.05) is 41.0 Å². The van der Waals surface area contributed by atoms with Crippen LogP contribution in [0, 0.1) is 0 Å². The maximum absolute atomic E-state index is 12.8. The Morgan fingerprint density at radius 3 is 2.80 bits per heavy atom. The number of carbonyl (C=O) groups is 3. The molecular weight excluding hydrogens is 452 g/mol. The maximum Gasteiger partial charge on any atom is 0.255 e. The van der Waals surface area contributed by atoms with Crippen molar-refractivity contribution in [3.63, 3.8) is 0 Å². The number of hydrogen-bond donors (Lipinski definition) is 1. The summed E-state index contributed by atoms with van der Waals surface area (Å²) >= 11 is 3.40. The van der Waals surface area contributed by atoms with Gasteiger partial charge in [0.1, 0.15) is 11.7 Å². The molecule has 2 aromatic heterocycles. The van der Waals surface area contributed by atoms with E-state index in [1.165, 1.54) is 4.90 Å². The second kappa shape index (κ2) is 7.13. The van der Waals surface area contributed by atoms with Crippen molar-refractivity contribution >= 4 is 33.7 Å². The number of amides is 3. The van der Waals surface area contributed by atoms with Crippen LogP contribution in [-0.2, 0) is 16.1 Å². The lowest BCUT2D eigenvalue weighted by Gasteiger charge is -2.29. The highest BCUT2D eigenvalue weighted by Crippen LogP contribution is 2.29. The van der Waals surface area contributed by atoms with Crippen molar-refractivity contribution in [3.8, 4) is 16.9 Å². The van der Waals surface area contributed by atoms with E-state index in [0.29, 0.717) is 24.2 Å². The SMILES string of the molecule is O=C1CCC(N2Cc3cc(-n4cc(-c5cncc(Br)c5)nn4)ccc3C2=O)C(=O)N1. The Labute approximate surface area is 179 Å². The minimum Gasteiger partial charge on any atom is -0.322 e. The van der Waals surface area contributed by atoms with Crippen LogP contribution in [-0.4, -0.2) is 48.6 Å². The summed E-state index contributed by atoms with van der Waals surface area (Å²) in [6.45, 7) is 0.311. The van der Waals surface area contributed by atoms with E-state index in [1.807, 2.05) is 12.1 Å². The van der Waals surface area contributed by atoms with Gasteiger partial charge in [0.15, 0.2) is 0 Å². The number of nitrogens with one attached hydrogen (secondary N) is 1. The number of fused-ring (bicyclic) bond motifs is 1. The summed E-state index contributed by atoms with van der Waals surface area (Å²) in [4.78, 5) is 42.1. The number of aromatic nitrogens is 4. The molecule has 1 atom stereocenters. The Hall–Kier alpha value is -3.40. The second-order valence-electron chi connectivity index (χ2n) is 7.18. The third-order valence-electron chi connectivity index (χ3n) is 5.27. The normalized spacial score (nSPS) is 18.5. The lowest BCUT2D eigenvalue weighted by molar-refractivity contribution is -0.136. The number of hydrogen-bond acceptors (Lipinski definition) is 6. The Balaban J connectivity index is 1.41. The number of imide groups is 1. The van der Waals surface area contributed by atoms with Gasteiger partial charge < -0.3 is 4.90 Å². The van der Waals surface area contributed by atoms with Gasteiger partial charge in [0.25, 0.3) is 5.91 Å². The van der Waals surface area contributed by atoms with Crippen molar-refractivity contribution in [1.29, 1.82) is 0 Å². The highest BCUT2D eigenvalue weighted by atomic mass is 79.9. The van der Waals surface area contributed by atoms with Crippen LogP contribution >= 0.6 is 15.9 Å². The molecule has 9 nitrogen and oxygen atoms in total. The molecule has 0 saturated carbocycles. The quantitative estimate of drug-likeness (QED) is 0.589. The summed E-state index contributed by atoms with van der Waals surface area (Å²) < 4.78 is 2.48. The maximum atomic E-state index is 12.8. The zero-order valence-corrected chi connectivity index (χ0v) is 17.2. The summed E-state index contributed by atoms with van der Waals surface area (Å²) in [5, 5.41) is 10.7. The first-order valence-electron chi connectivity index (χ1n) is 9.31. The van der Waals surface area contributed by atoms with Crippen LogP contribution in [0.25, 0.3) is 16.9 Å². The Morgan fingerprint density at radius 1 is 1.13 bits per heavy atom. The number of benzene rings is 1. The van der Waals surface area contributed by atoms with Gasteiger partial charge in [-0.15, -0.1) is 5.10 Å². The first-order valence-corrected chi connectivity index (χ1v) is 10.1. The van der Waals surface area contributed by atoms with Gasteiger partial charge in [-0.3, -0.25) is 24.7 Å². The van der Waals surface area contributed by atoms with Gasteiger partial charge in [-0.05, 0) is 52.2 Å². The molecule has 1 N–H and O–H groups in total. The van der Waals surface area contributed by atoms with Crippen LogP contribution in [0.2, 0.25) is 0 Å². The molecule has 30 heavy (non-hydrogen) atoms. The molecule has 0 spiro atoms. The minimum absolute atomic E-state index is 0.203. The smallest absolute Gasteiger partial charge is 0.255 e. The number of nitrogens with zero attached hydrogens (tertiary/aromatic N) is 5. The zero-order chi connectivity index (χ0) is 20.8. The van der Waals surface area contributed by atoms with Gasteiger partial charge >= 0.3 is 0 Å². The molecule has 3 aromatic rings. The van der Waals surface area contributed by atoms with Gasteiger partial charge in [-0.2, -0.15) is 0 Å². The third kappa shape index (κ3) is 3.18. The van der Waals surface area contributed by atoms with E-state index in [0.717, 1.165) is 21.3 Å². The highest BCUT2D eigenvalue weighted by Gasteiger charge is 2.39. The van der Waals surface area contributed by atoms with Crippen LogP contribution < -0.4 is 5.32 Å². The largest absolute Gasteiger partial charge is 0.322 e. The summed E-state index contributed by atoms with van der Waals surface area (Å²) in [5.74, 6) is -0.924. The van der Waals surface area contributed by atoms with Crippen LogP contribution in [0.15, 0.2) is 47.3 Å². The van der Waals surface area contributed by atoms with Crippen LogP contribution in [0.4, 0.5) is 0 Å². The summed E-state index contributed by atoms with van der Waals surface area (Å²) in [5.41, 5.74) is 3.62. The Morgan fingerprint density at radius 2 is 2.00 bits per heavy atom. The van der Waals surface area contributed by atoms with Crippen molar-refractivity contribution < 1.29 is 14.4 Å². The molecule has 1 fully saturated rings. The van der Waals surface area contributed by atoms with Crippen LogP contribution in [0.1, 0.15) is 28.8 Å². The first kappa shape index (κ1) is 18.6. The number of halogens is 1. The molecule has 1 unspecified atom stereocenters. The standard InChI is InChI=1S/C20H15BrN6O3/c21-13-5-11(7-22-8-13)16-10-27(25-24-16)14-1-2-15-12(6-14)9-26(20(15)30)17-3-4-18(28)23-19(17)29/h1-2,5-8,10,17H,3-4,9H2,(H,23,28,29). The number of rotatable bonds is 3. The predicted molar refractivity (Wildman–Crippen MR) is 108 cm³/mol. The summed E-state index contributed by atoms with van der Waals surface area (Å²) in [6.07, 6.45) is 5.76. The number of carbonyl (C=O) groups excluding carboxylic acids is 3. The molecule has 1 aromatic carbocycles. The minimum atomic E-state index is -0.631. The van der Waals surface area contributed by atoms with Gasteiger partial charge in [0.2, 0.25) is 11.8 Å². The van der Waals surface area contributed by atoms with Crippen molar-refractivity contribution in [3.05, 3.63) is 58.5 Å². The number of pyridine rings is 1. The van der Waals surface area contributed by atoms with Crippen molar-refractivity contribution in [2.45, 2.75) is 25.4 Å². The predicted octanol–water partition coefficient (Wildman–Crippen LogP) is 1.85. The molecule has 2 aliphatic heterocycles. The Kier molecular flexibility index (Phi) is 4.43. The van der Waals surface area contributed by atoms with E-state index in [4.69, 9.17) is 0 Å². The Bertz CT molecular complexity index is 1210. The third-order valence-corrected chi connectivity index (χ3v) is 5.70. The van der Waals surface area contributed by atoms with Crippen LogP contribution in [0.3, 0.4) is 0 Å². The molecule has 0 radical (unpaired) electrons. The fourth-order valence-electron chi connectivity index (χ4n) is 3.78. The lowest BCUT2D eigenvalue weighted by atomic mass is 10.0. The lowest BCUT2D eigenvalue weighted by Crippen LogP contribution is -2.52. The van der Waals surface area contributed by atoms with E-state index in [-0.39, 0.29) is 18.2 Å². The summed E-state index contributed by atoms with van der Waals surface area (Å²) in [6, 6.07) is 6.67. The van der Waals surface area contributed by atoms with E-state index in [9.17, 15) is 14.4 Å². The van der Waals surface area contributed by atoms with Crippen molar-refractivity contribution in [2.24, 2.45) is 0 Å². The molecule has 5 rings (SSSR count). The zero-order valence-electron chi connectivity index (χ0n) is 15.6. The van der Waals surface area contributed by atoms with Gasteiger partial charge in [0.05, 0.1) is 11.9 Å². The van der Waals surface area contributed by atoms with E-state index in [1.54, 1.807) is 35.4 Å². The highest BCUT2D eigenvalue weighted by molar-refractivity contribution is 9.10. The monoisotopic (exact) mass is 466 g/mol. The molecule has 10 heteroatoms. The topological polar surface area (TPSA) is 110 Å². The summed E-state index contributed by atoms with van der Waals surface area (Å²) in [7, 11) is 0. The first-order chi connectivity index (χ1) is 14.5.